The highest BCUT2D eigenvalue weighted by Gasteiger charge is 2.35. The first-order valence-corrected chi connectivity index (χ1v) is 8.25. The predicted molar refractivity (Wildman–Crippen MR) is 95.8 cm³/mol. The molecule has 132 valence electrons. The van der Waals surface area contributed by atoms with Crippen LogP contribution in [0, 0.1) is 15.9 Å². The zero-order valence-electron chi connectivity index (χ0n) is 13.2. The molecule has 0 unspecified atom stereocenters. The van der Waals surface area contributed by atoms with Crippen LogP contribution in [-0.4, -0.2) is 27.6 Å². The molecule has 9 heteroatoms. The minimum atomic E-state index is -0.554. The van der Waals surface area contributed by atoms with Crippen LogP contribution in [0.1, 0.15) is 5.56 Å². The molecular formula is C17H12FN3O4S. The predicted octanol–water partition coefficient (Wildman–Crippen LogP) is 3.84. The molecule has 1 N–H and O–H groups in total. The van der Waals surface area contributed by atoms with E-state index in [1.54, 1.807) is 12.1 Å². The molecule has 0 aromatic heterocycles. The third-order valence-corrected chi connectivity index (χ3v) is 4.47. The van der Waals surface area contributed by atoms with Crippen molar-refractivity contribution < 1.29 is 18.9 Å². The standard InChI is InChI=1S/C17H12FN3O4S/c18-14-7-2-1-4-11(14)8-15-16(22)20(17(23)26-15)10-19-12-5-3-6-13(9-12)21(24)25/h1-9,19H,10H2/b15-8-. The van der Waals surface area contributed by atoms with E-state index in [-0.39, 0.29) is 22.8 Å². The van der Waals surface area contributed by atoms with E-state index < -0.39 is 21.9 Å². The Balaban J connectivity index is 1.73. The number of non-ortho nitro benzene ring substituents is 1. The van der Waals surface area contributed by atoms with Gasteiger partial charge in [0.05, 0.1) is 16.5 Å². The molecule has 0 spiro atoms. The number of rotatable bonds is 5. The normalized spacial score (nSPS) is 15.6. The van der Waals surface area contributed by atoms with Crippen LogP contribution in [0.5, 0.6) is 0 Å². The zero-order valence-corrected chi connectivity index (χ0v) is 14.0. The number of anilines is 1. The lowest BCUT2D eigenvalue weighted by atomic mass is 10.2. The van der Waals surface area contributed by atoms with E-state index in [4.69, 9.17) is 0 Å². The zero-order chi connectivity index (χ0) is 18.7. The Labute approximate surface area is 151 Å². The average molecular weight is 373 g/mol. The fraction of sp³-hybridized carbons (Fsp3) is 0.0588. The maximum absolute atomic E-state index is 13.7. The van der Waals surface area contributed by atoms with Gasteiger partial charge in [-0.25, -0.2) is 4.39 Å². The number of thioether (sulfide) groups is 1. The maximum atomic E-state index is 13.7. The summed E-state index contributed by atoms with van der Waals surface area (Å²) in [6.07, 6.45) is 1.33. The third-order valence-electron chi connectivity index (χ3n) is 3.56. The highest BCUT2D eigenvalue weighted by Crippen LogP contribution is 2.32. The van der Waals surface area contributed by atoms with Gasteiger partial charge in [0, 0.05) is 23.4 Å². The average Bonchev–Trinajstić information content (AvgIpc) is 2.89. The number of halogens is 1. The van der Waals surface area contributed by atoms with Crippen molar-refractivity contribution in [3.05, 3.63) is 74.9 Å². The fourth-order valence-electron chi connectivity index (χ4n) is 2.27. The summed E-state index contributed by atoms with van der Waals surface area (Å²) in [6, 6.07) is 11.6. The van der Waals surface area contributed by atoms with Crippen LogP contribution in [0.2, 0.25) is 0 Å². The van der Waals surface area contributed by atoms with E-state index in [2.05, 4.69) is 5.32 Å². The minimum Gasteiger partial charge on any atom is -0.367 e. The van der Waals surface area contributed by atoms with Gasteiger partial charge in [0.1, 0.15) is 5.82 Å². The number of hydrogen-bond acceptors (Lipinski definition) is 6. The SMILES string of the molecule is O=C1S/C(=C\c2ccccc2F)C(=O)N1CNc1cccc([N+](=O)[O-])c1. The smallest absolute Gasteiger partial charge is 0.295 e. The number of carbonyl (C=O) groups is 2. The fourth-order valence-corrected chi connectivity index (χ4v) is 3.10. The summed E-state index contributed by atoms with van der Waals surface area (Å²) in [6.45, 7) is -0.152. The Morgan fingerprint density at radius 3 is 2.69 bits per heavy atom. The lowest BCUT2D eigenvalue weighted by Crippen LogP contribution is -2.33. The van der Waals surface area contributed by atoms with E-state index in [9.17, 15) is 24.1 Å². The topological polar surface area (TPSA) is 92.6 Å². The molecule has 3 rings (SSSR count). The molecule has 1 aliphatic rings. The summed E-state index contributed by atoms with van der Waals surface area (Å²) < 4.78 is 13.7. The number of imide groups is 1. The summed E-state index contributed by atoms with van der Waals surface area (Å²) in [7, 11) is 0. The Bertz CT molecular complexity index is 932. The van der Waals surface area contributed by atoms with Crippen molar-refractivity contribution in [2.75, 3.05) is 12.0 Å². The molecular weight excluding hydrogens is 361 g/mol. The first-order valence-electron chi connectivity index (χ1n) is 7.44. The van der Waals surface area contributed by atoms with E-state index in [1.807, 2.05) is 0 Å². The Hall–Kier alpha value is -3.20. The van der Waals surface area contributed by atoms with Crippen LogP contribution in [-0.2, 0) is 4.79 Å². The van der Waals surface area contributed by atoms with Crippen LogP contribution >= 0.6 is 11.8 Å². The number of hydrogen-bond donors (Lipinski definition) is 1. The van der Waals surface area contributed by atoms with Crippen LogP contribution in [0.3, 0.4) is 0 Å². The summed E-state index contributed by atoms with van der Waals surface area (Å²) in [4.78, 5) is 35.7. The molecule has 26 heavy (non-hydrogen) atoms. The first-order chi connectivity index (χ1) is 12.5. The number of nitro benzene ring substituents is 1. The third kappa shape index (κ3) is 3.72. The van der Waals surface area contributed by atoms with Gasteiger partial charge in [0.25, 0.3) is 16.8 Å². The number of benzene rings is 2. The molecule has 1 aliphatic heterocycles. The van der Waals surface area contributed by atoms with Crippen LogP contribution < -0.4 is 5.32 Å². The molecule has 2 aromatic carbocycles. The van der Waals surface area contributed by atoms with Crippen LogP contribution in [0.25, 0.3) is 6.08 Å². The lowest BCUT2D eigenvalue weighted by molar-refractivity contribution is -0.384. The van der Waals surface area contributed by atoms with Crippen LogP contribution in [0.4, 0.5) is 20.6 Å². The number of nitrogens with zero attached hydrogens (tertiary/aromatic N) is 2. The molecule has 1 heterocycles. The van der Waals surface area contributed by atoms with Crippen molar-refractivity contribution in [3.63, 3.8) is 0 Å². The molecule has 0 aliphatic carbocycles. The van der Waals surface area contributed by atoms with E-state index in [0.717, 1.165) is 4.90 Å². The van der Waals surface area contributed by atoms with Crippen molar-refractivity contribution in [1.82, 2.24) is 4.90 Å². The number of nitro groups is 1. The van der Waals surface area contributed by atoms with Crippen molar-refractivity contribution >= 4 is 40.4 Å². The number of amides is 2. The van der Waals surface area contributed by atoms with E-state index >= 15 is 0 Å². The van der Waals surface area contributed by atoms with Gasteiger partial charge in [-0.2, -0.15) is 0 Å². The largest absolute Gasteiger partial charge is 0.367 e. The summed E-state index contributed by atoms with van der Waals surface area (Å²) in [5.41, 5.74) is 0.504. The Morgan fingerprint density at radius 2 is 1.96 bits per heavy atom. The number of nitrogens with one attached hydrogen (secondary N) is 1. The highest BCUT2D eigenvalue weighted by atomic mass is 32.2. The minimum absolute atomic E-state index is 0.108. The molecule has 0 atom stereocenters. The van der Waals surface area contributed by atoms with Gasteiger partial charge < -0.3 is 5.32 Å². The van der Waals surface area contributed by atoms with Crippen molar-refractivity contribution in [1.29, 1.82) is 0 Å². The van der Waals surface area contributed by atoms with Crippen molar-refractivity contribution in [3.8, 4) is 0 Å². The molecule has 0 saturated carbocycles. The van der Waals surface area contributed by atoms with Gasteiger partial charge in [-0.15, -0.1) is 0 Å². The molecule has 0 bridgehead atoms. The van der Waals surface area contributed by atoms with Gasteiger partial charge in [0.15, 0.2) is 0 Å². The summed E-state index contributed by atoms with van der Waals surface area (Å²) >= 11 is 0.712. The van der Waals surface area contributed by atoms with Crippen molar-refractivity contribution in [2.45, 2.75) is 0 Å². The van der Waals surface area contributed by atoms with Crippen molar-refractivity contribution in [2.24, 2.45) is 0 Å². The van der Waals surface area contributed by atoms with E-state index in [0.29, 0.717) is 17.4 Å². The highest BCUT2D eigenvalue weighted by molar-refractivity contribution is 8.18. The molecule has 1 fully saturated rings. The molecule has 1 saturated heterocycles. The van der Waals surface area contributed by atoms with Gasteiger partial charge in [-0.1, -0.05) is 24.3 Å². The second-order valence-corrected chi connectivity index (χ2v) is 6.27. The monoisotopic (exact) mass is 373 g/mol. The maximum Gasteiger partial charge on any atom is 0.295 e. The van der Waals surface area contributed by atoms with Gasteiger partial charge >= 0.3 is 0 Å². The second kappa shape index (κ2) is 7.36. The molecule has 0 radical (unpaired) electrons. The van der Waals surface area contributed by atoms with Gasteiger partial charge in [0.2, 0.25) is 0 Å². The molecule has 2 amide bonds. The summed E-state index contributed by atoms with van der Waals surface area (Å²) in [5, 5.41) is 13.1. The Morgan fingerprint density at radius 1 is 1.19 bits per heavy atom. The summed E-state index contributed by atoms with van der Waals surface area (Å²) in [5.74, 6) is -1.05. The van der Waals surface area contributed by atoms with Gasteiger partial charge in [-0.3, -0.25) is 24.6 Å². The number of carbonyl (C=O) groups excluding carboxylic acids is 2. The Kier molecular flexibility index (Phi) is 4.99. The van der Waals surface area contributed by atoms with E-state index in [1.165, 1.54) is 42.5 Å². The molecule has 7 nitrogen and oxygen atoms in total. The molecule has 2 aromatic rings. The lowest BCUT2D eigenvalue weighted by Gasteiger charge is -2.14. The first kappa shape index (κ1) is 17.6. The van der Waals surface area contributed by atoms with Gasteiger partial charge in [-0.05, 0) is 30.0 Å². The quantitative estimate of drug-likeness (QED) is 0.486. The van der Waals surface area contributed by atoms with Crippen LogP contribution in [0.15, 0.2) is 53.4 Å². The second-order valence-electron chi connectivity index (χ2n) is 5.27.